The zero-order valence-electron chi connectivity index (χ0n) is 12.7. The number of carbonyl (C=O) groups is 2. The molecule has 0 saturated heterocycles. The molecule has 116 valence electrons. The number of benzene rings is 1. The number of rotatable bonds is 5. The van der Waals surface area contributed by atoms with Gasteiger partial charge in [0, 0.05) is 0 Å². The van der Waals surface area contributed by atoms with Gasteiger partial charge in [-0.25, -0.2) is 0 Å². The molecule has 1 N–H and O–H groups in total. The average Bonchev–Trinajstić information content (AvgIpc) is 2.37. The molecule has 0 aliphatic rings. The summed E-state index contributed by atoms with van der Waals surface area (Å²) in [6.07, 6.45) is 0.409. The summed E-state index contributed by atoms with van der Waals surface area (Å²) in [5, 5.41) is 9.26. The summed E-state index contributed by atoms with van der Waals surface area (Å²) in [6, 6.07) is 6.56. The second kappa shape index (κ2) is 7.50. The monoisotopic (exact) mass is 356 g/mol. The van der Waals surface area contributed by atoms with E-state index in [-0.39, 0.29) is 10.5 Å². The van der Waals surface area contributed by atoms with Crippen LogP contribution in [0.15, 0.2) is 24.3 Å². The molecule has 1 rings (SSSR count). The number of hydrogen-bond donors (Lipinski definition) is 1. The molecule has 0 aromatic heterocycles. The zero-order valence-corrected chi connectivity index (χ0v) is 14.8. The van der Waals surface area contributed by atoms with Gasteiger partial charge in [0.15, 0.2) is 0 Å². The first-order chi connectivity index (χ1) is 9.71. The van der Waals surface area contributed by atoms with E-state index < -0.39 is 32.0 Å². The predicted molar refractivity (Wildman–Crippen MR) is 81.0 cm³/mol. The molecule has 0 radical (unpaired) electrons. The summed E-state index contributed by atoms with van der Waals surface area (Å²) in [4.78, 5) is 23.8. The number of ether oxygens (including phenoxy) is 2. The molecule has 6 heteroatoms. The van der Waals surface area contributed by atoms with Gasteiger partial charge in [-0.15, -0.1) is 0 Å². The Morgan fingerprint density at radius 1 is 1.24 bits per heavy atom. The van der Waals surface area contributed by atoms with Crippen molar-refractivity contribution < 1.29 is 24.2 Å². The second-order valence-corrected chi connectivity index (χ2v) is 8.52. The van der Waals surface area contributed by atoms with Crippen LogP contribution in [-0.4, -0.2) is 44.3 Å². The Hall–Kier alpha value is -1.48. The fraction of sp³-hybridized carbons (Fsp3) is 0.467. The fourth-order valence-electron chi connectivity index (χ4n) is 1.65. The van der Waals surface area contributed by atoms with Crippen molar-refractivity contribution >= 4 is 26.5 Å². The van der Waals surface area contributed by atoms with Crippen molar-refractivity contribution in [1.29, 1.82) is 0 Å². The van der Waals surface area contributed by atoms with Crippen molar-refractivity contribution in [2.24, 2.45) is 0 Å². The van der Waals surface area contributed by atoms with Crippen LogP contribution in [0.5, 0.6) is 5.75 Å². The van der Waals surface area contributed by atoms with Gasteiger partial charge in [0.25, 0.3) is 0 Å². The van der Waals surface area contributed by atoms with Gasteiger partial charge in [0.1, 0.15) is 0 Å². The molecule has 0 fully saturated rings. The Morgan fingerprint density at radius 3 is 2.29 bits per heavy atom. The predicted octanol–water partition coefficient (Wildman–Crippen LogP) is 2.27. The first kappa shape index (κ1) is 17.6. The van der Waals surface area contributed by atoms with Gasteiger partial charge in [-0.2, -0.15) is 0 Å². The van der Waals surface area contributed by atoms with Crippen LogP contribution in [0.3, 0.4) is 0 Å². The Morgan fingerprint density at radius 2 is 1.81 bits per heavy atom. The Labute approximate surface area is 131 Å². The third kappa shape index (κ3) is 6.67. The zero-order chi connectivity index (χ0) is 16.0. The van der Waals surface area contributed by atoms with E-state index in [1.54, 1.807) is 45.0 Å². The van der Waals surface area contributed by atoms with Crippen LogP contribution in [0.1, 0.15) is 26.3 Å². The number of carbonyl (C=O) groups excluding carboxylic acids is 2. The number of phenols is 1. The molecule has 21 heavy (non-hydrogen) atoms. The van der Waals surface area contributed by atoms with E-state index in [0.29, 0.717) is 6.42 Å². The SMILES string of the molecule is COC(=O)[C@H](Cc1ccc(O)cc1)[AsH]C(=O)OC(C)(C)C. The van der Waals surface area contributed by atoms with Gasteiger partial charge >= 0.3 is 131 Å². The molecular weight excluding hydrogens is 335 g/mol. The maximum absolute atomic E-state index is 11.9. The van der Waals surface area contributed by atoms with E-state index in [1.807, 2.05) is 0 Å². The number of esters is 1. The number of methoxy groups -OCH3 is 1. The van der Waals surface area contributed by atoms with E-state index in [1.165, 1.54) is 7.11 Å². The standard InChI is InChI=1S/C15H21AsO5/c1-15(2,3)21-14(19)16-12(13(18)20-4)9-10-5-7-11(17)8-6-10/h5-8,12,16-17H,9H2,1-4H3/t12-/m0/s1. The van der Waals surface area contributed by atoms with Crippen LogP contribution in [-0.2, 0) is 20.7 Å². The van der Waals surface area contributed by atoms with Crippen molar-refractivity contribution in [3.63, 3.8) is 0 Å². The molecule has 0 bridgehead atoms. The number of aromatic hydroxyl groups is 1. The van der Waals surface area contributed by atoms with Gasteiger partial charge in [0.2, 0.25) is 0 Å². The molecule has 2 atom stereocenters. The summed E-state index contributed by atoms with van der Waals surface area (Å²) >= 11 is -1.30. The Balaban J connectivity index is 2.74. The van der Waals surface area contributed by atoms with Crippen LogP contribution in [0, 0.1) is 0 Å². The molecule has 0 spiro atoms. The van der Waals surface area contributed by atoms with Crippen molar-refractivity contribution in [1.82, 2.24) is 0 Å². The van der Waals surface area contributed by atoms with Crippen LogP contribution < -0.4 is 0 Å². The molecule has 0 saturated carbocycles. The molecule has 0 aliphatic carbocycles. The van der Waals surface area contributed by atoms with Crippen LogP contribution in [0.2, 0.25) is 4.71 Å². The summed E-state index contributed by atoms with van der Waals surface area (Å²) < 4.78 is 9.28. The first-order valence-corrected chi connectivity index (χ1v) is 8.82. The van der Waals surface area contributed by atoms with Gasteiger partial charge in [-0.3, -0.25) is 0 Å². The van der Waals surface area contributed by atoms with E-state index in [0.717, 1.165) is 5.56 Å². The summed E-state index contributed by atoms with van der Waals surface area (Å²) in [6.45, 7) is 5.39. The van der Waals surface area contributed by atoms with Crippen molar-refractivity contribution in [2.45, 2.75) is 37.5 Å². The summed E-state index contributed by atoms with van der Waals surface area (Å²) in [5.41, 5.74) is 0.315. The maximum atomic E-state index is 11.9. The summed E-state index contributed by atoms with van der Waals surface area (Å²) in [5.74, 6) is -0.231. The number of hydrogen-bond acceptors (Lipinski definition) is 5. The minimum absolute atomic E-state index is 0.163. The average molecular weight is 356 g/mol. The normalized spacial score (nSPS) is 13.1. The summed E-state index contributed by atoms with van der Waals surface area (Å²) in [7, 11) is 1.31. The topological polar surface area (TPSA) is 72.8 Å². The van der Waals surface area contributed by atoms with E-state index in [9.17, 15) is 14.7 Å². The molecule has 5 nitrogen and oxygen atoms in total. The third-order valence-corrected chi connectivity index (χ3v) is 4.92. The van der Waals surface area contributed by atoms with Crippen molar-refractivity contribution in [3.8, 4) is 5.75 Å². The van der Waals surface area contributed by atoms with Gasteiger partial charge < -0.3 is 0 Å². The van der Waals surface area contributed by atoms with Gasteiger partial charge in [-0.05, 0) is 0 Å². The van der Waals surface area contributed by atoms with E-state index in [4.69, 9.17) is 9.47 Å². The molecular formula is C15H21AsO5. The molecule has 0 heterocycles. The molecule has 0 aliphatic heterocycles. The molecule has 1 aromatic carbocycles. The van der Waals surface area contributed by atoms with Gasteiger partial charge in [0.05, 0.1) is 0 Å². The van der Waals surface area contributed by atoms with Gasteiger partial charge in [-0.1, -0.05) is 0 Å². The van der Waals surface area contributed by atoms with E-state index >= 15 is 0 Å². The second-order valence-electron chi connectivity index (χ2n) is 5.59. The first-order valence-electron chi connectivity index (χ1n) is 6.56. The quantitative estimate of drug-likeness (QED) is 0.647. The van der Waals surface area contributed by atoms with Crippen LogP contribution in [0.4, 0.5) is 4.79 Å². The van der Waals surface area contributed by atoms with Crippen molar-refractivity contribution in [2.75, 3.05) is 7.11 Å². The Bertz CT molecular complexity index is 490. The molecule has 1 unspecified atom stereocenters. The third-order valence-electron chi connectivity index (χ3n) is 2.55. The fourth-order valence-corrected chi connectivity index (χ4v) is 4.22. The number of phenolic OH excluding ortho intramolecular Hbond substituents is 1. The molecule has 1 aromatic rings. The molecule has 0 amide bonds. The van der Waals surface area contributed by atoms with Crippen LogP contribution in [0.25, 0.3) is 0 Å². The van der Waals surface area contributed by atoms with Crippen molar-refractivity contribution in [3.05, 3.63) is 29.8 Å². The Kier molecular flexibility index (Phi) is 6.28. The minimum atomic E-state index is -1.30. The van der Waals surface area contributed by atoms with Crippen LogP contribution >= 0.6 is 0 Å². The van der Waals surface area contributed by atoms with E-state index in [2.05, 4.69) is 0 Å².